The van der Waals surface area contributed by atoms with Gasteiger partial charge in [0.2, 0.25) is 0 Å². The molecule has 0 amide bonds. The van der Waals surface area contributed by atoms with Gasteiger partial charge in [-0.05, 0) is 150 Å². The largest absolute Gasteiger partial charge is 0.309 e. The van der Waals surface area contributed by atoms with Crippen LogP contribution in [0.1, 0.15) is 44.9 Å². The van der Waals surface area contributed by atoms with Crippen LogP contribution in [-0.2, 0) is 5.41 Å². The Balaban J connectivity index is 0.836. The number of nitrogens with zero attached hydrogens (tertiary/aromatic N) is 5. The van der Waals surface area contributed by atoms with E-state index < -0.39 is 5.41 Å². The molecular weight excluding hydrogens is 1070 g/mol. The highest BCUT2D eigenvalue weighted by atomic mass is 15.0. The highest BCUT2D eigenvalue weighted by Crippen LogP contribution is 2.61. The Morgan fingerprint density at radius 3 is 1.30 bits per heavy atom. The van der Waals surface area contributed by atoms with Crippen molar-refractivity contribution in [3.63, 3.8) is 0 Å². The van der Waals surface area contributed by atoms with Crippen molar-refractivity contribution < 1.29 is 0 Å². The van der Waals surface area contributed by atoms with Crippen LogP contribution in [0, 0.1) is 0 Å². The fourth-order valence-corrected chi connectivity index (χ4v) is 15.6. The van der Waals surface area contributed by atoms with Crippen molar-refractivity contribution in [2.24, 2.45) is 0 Å². The fraction of sp³-hybridized carbons (Fsp3) is 0.0241. The average Bonchev–Trinajstić information content (AvgIpc) is 1.49. The van der Waals surface area contributed by atoms with E-state index in [0.717, 1.165) is 60.8 Å². The predicted molar refractivity (Wildman–Crippen MR) is 359 cm³/mol. The lowest BCUT2D eigenvalue weighted by Crippen LogP contribution is -2.33. The summed E-state index contributed by atoms with van der Waals surface area (Å²) in [6, 6.07) is 111. The maximum atomic E-state index is 5.58. The summed E-state index contributed by atoms with van der Waals surface area (Å²) in [6.45, 7) is 0. The molecule has 2 aliphatic heterocycles. The Bertz CT molecular complexity index is 5480. The minimum Gasteiger partial charge on any atom is -0.309 e. The van der Waals surface area contributed by atoms with Crippen LogP contribution in [-0.4, -0.2) is 24.1 Å². The zero-order valence-electron chi connectivity index (χ0n) is 47.7. The molecule has 0 radical (unpaired) electrons. The predicted octanol–water partition coefficient (Wildman–Crippen LogP) is 20.2. The quantitative estimate of drug-likeness (QED) is 0.160. The van der Waals surface area contributed by atoms with E-state index in [2.05, 4.69) is 312 Å². The molecule has 0 fully saturated rings. The molecule has 5 heteroatoms. The summed E-state index contributed by atoms with van der Waals surface area (Å²) in [4.78, 5) is 16.7. The summed E-state index contributed by atoms with van der Waals surface area (Å²) < 4.78 is 5.00. The average molecular weight is 1120 g/mol. The third-order valence-electron chi connectivity index (χ3n) is 19.2. The number of benzene rings is 13. The molecule has 88 heavy (non-hydrogen) atoms. The first-order chi connectivity index (χ1) is 43.7. The molecule has 0 saturated carbocycles. The first kappa shape index (κ1) is 48.8. The van der Waals surface area contributed by atoms with Crippen LogP contribution < -0.4 is 0 Å². The molecule has 19 rings (SSSR count). The van der Waals surface area contributed by atoms with Crippen LogP contribution >= 0.6 is 0 Å². The van der Waals surface area contributed by atoms with Crippen LogP contribution in [0.25, 0.3) is 134 Å². The standard InChI is InChI=1S/C83H51N5/c1-4-22-51(23-5-1)56-46-57(52-24-6-2-7-25-52)48-58(47-56)82-85-80(54-42-44-74-67(49-54)63-33-20-35-66-77(65-32-14-18-40-73(65)87(74)78(63)66)62-31-11-10-28-59(62)53-26-8-3-9-27-53)84-81(86-82)55-43-45-75-68(50-55)64-34-21-39-72-79(64)88(75)76-41-19-17-38-71(76)83(72)69-36-15-12-29-60(69)61-30-13-16-37-70(61)83/h1-50,77H. The zero-order valence-corrected chi connectivity index (χ0v) is 47.7. The number of fused-ring (bicyclic) bond motifs is 17. The Kier molecular flexibility index (Phi) is 10.4. The second kappa shape index (κ2) is 18.7. The van der Waals surface area contributed by atoms with Gasteiger partial charge in [-0.3, -0.25) is 0 Å². The molecule has 408 valence electrons. The normalized spacial score (nSPS) is 13.9. The number of rotatable bonds is 7. The van der Waals surface area contributed by atoms with Crippen molar-refractivity contribution in [1.82, 2.24) is 24.1 Å². The van der Waals surface area contributed by atoms with Gasteiger partial charge in [0.1, 0.15) is 0 Å². The molecule has 1 spiro atoms. The minimum atomic E-state index is -0.507. The van der Waals surface area contributed by atoms with Crippen LogP contribution in [0.5, 0.6) is 0 Å². The zero-order chi connectivity index (χ0) is 57.6. The first-order valence-electron chi connectivity index (χ1n) is 30.4. The molecule has 0 bridgehead atoms. The topological polar surface area (TPSA) is 48.5 Å². The highest BCUT2D eigenvalue weighted by molar-refractivity contribution is 6.15. The molecule has 13 aromatic carbocycles. The molecule has 1 atom stereocenters. The van der Waals surface area contributed by atoms with Crippen LogP contribution in [0.15, 0.2) is 303 Å². The molecule has 0 N–H and O–H groups in total. The fourth-order valence-electron chi connectivity index (χ4n) is 15.6. The second-order valence-corrected chi connectivity index (χ2v) is 23.7. The monoisotopic (exact) mass is 1120 g/mol. The number of para-hydroxylation sites is 4. The van der Waals surface area contributed by atoms with Gasteiger partial charge in [0.25, 0.3) is 0 Å². The summed E-state index contributed by atoms with van der Waals surface area (Å²) in [5, 5.41) is 4.66. The Labute approximate surface area is 508 Å². The smallest absolute Gasteiger partial charge is 0.164 e. The summed E-state index contributed by atoms with van der Waals surface area (Å²) >= 11 is 0. The van der Waals surface area contributed by atoms with Crippen molar-refractivity contribution in [1.29, 1.82) is 0 Å². The van der Waals surface area contributed by atoms with Gasteiger partial charge >= 0.3 is 0 Å². The van der Waals surface area contributed by atoms with E-state index in [1.54, 1.807) is 0 Å². The highest BCUT2D eigenvalue weighted by Gasteiger charge is 2.50. The molecule has 0 saturated heterocycles. The maximum absolute atomic E-state index is 5.58. The van der Waals surface area contributed by atoms with Crippen LogP contribution in [0.2, 0.25) is 0 Å². The van der Waals surface area contributed by atoms with E-state index in [4.69, 9.17) is 15.0 Å². The molecule has 5 nitrogen and oxygen atoms in total. The van der Waals surface area contributed by atoms with Crippen molar-refractivity contribution in [2.75, 3.05) is 0 Å². The Morgan fingerprint density at radius 1 is 0.250 bits per heavy atom. The van der Waals surface area contributed by atoms with Gasteiger partial charge in [-0.15, -0.1) is 0 Å². The lowest BCUT2D eigenvalue weighted by molar-refractivity contribution is 0.748. The lowest BCUT2D eigenvalue weighted by Gasteiger charge is -2.39. The van der Waals surface area contributed by atoms with E-state index in [9.17, 15) is 0 Å². The van der Waals surface area contributed by atoms with Crippen LogP contribution in [0.4, 0.5) is 0 Å². The lowest BCUT2D eigenvalue weighted by atomic mass is 9.65. The van der Waals surface area contributed by atoms with Crippen LogP contribution in [0.3, 0.4) is 0 Å². The molecular formula is C83H51N5. The molecule has 3 aliphatic rings. The van der Waals surface area contributed by atoms with E-state index >= 15 is 0 Å². The summed E-state index contributed by atoms with van der Waals surface area (Å²) in [6.07, 6.45) is 0. The second-order valence-electron chi connectivity index (χ2n) is 23.7. The maximum Gasteiger partial charge on any atom is 0.164 e. The van der Waals surface area contributed by atoms with E-state index in [0.29, 0.717) is 17.5 Å². The van der Waals surface area contributed by atoms with Gasteiger partial charge in [0, 0.05) is 44.2 Å². The summed E-state index contributed by atoms with van der Waals surface area (Å²) in [5.74, 6) is 1.82. The van der Waals surface area contributed by atoms with Gasteiger partial charge in [-0.1, -0.05) is 237 Å². The van der Waals surface area contributed by atoms with Gasteiger partial charge < -0.3 is 9.13 Å². The Morgan fingerprint density at radius 2 is 0.682 bits per heavy atom. The van der Waals surface area contributed by atoms with Gasteiger partial charge in [-0.2, -0.15) is 0 Å². The van der Waals surface area contributed by atoms with E-state index in [-0.39, 0.29) is 5.92 Å². The van der Waals surface area contributed by atoms with Crippen molar-refractivity contribution in [3.8, 4) is 90.0 Å². The Hall–Kier alpha value is -11.5. The number of hydrogen-bond acceptors (Lipinski definition) is 3. The third-order valence-corrected chi connectivity index (χ3v) is 19.2. The van der Waals surface area contributed by atoms with Crippen molar-refractivity contribution >= 4 is 43.6 Å². The molecule has 1 aliphatic carbocycles. The molecule has 3 aromatic heterocycles. The summed E-state index contributed by atoms with van der Waals surface area (Å²) in [5.41, 5.74) is 27.8. The molecule has 1 unspecified atom stereocenters. The van der Waals surface area contributed by atoms with Gasteiger partial charge in [-0.25, -0.2) is 15.0 Å². The minimum absolute atomic E-state index is 0.0111. The SMILES string of the molecule is c1ccc(-c2cc(-c3ccccc3)cc(-c3nc(-c4ccc5c(c4)c4cccc6c4n5-c4ccccc4C6c4ccccc4-c4ccccc4)nc(-c4ccc5c(c4)c4cccc6c4n5-c4ccccc4C64c5ccccc5-c5ccccc54)n3)c2)cc1. The summed E-state index contributed by atoms with van der Waals surface area (Å²) in [7, 11) is 0. The van der Waals surface area contributed by atoms with Gasteiger partial charge in [0.15, 0.2) is 17.5 Å². The van der Waals surface area contributed by atoms with Crippen molar-refractivity contribution in [3.05, 3.63) is 342 Å². The number of aromatic nitrogens is 5. The van der Waals surface area contributed by atoms with E-state index in [1.807, 2.05) is 0 Å². The molecule has 5 heterocycles. The third kappa shape index (κ3) is 6.89. The molecule has 16 aromatic rings. The van der Waals surface area contributed by atoms with E-state index in [1.165, 1.54) is 94.4 Å². The van der Waals surface area contributed by atoms with Crippen molar-refractivity contribution in [2.45, 2.75) is 11.3 Å². The first-order valence-corrected chi connectivity index (χ1v) is 30.4. The van der Waals surface area contributed by atoms with Gasteiger partial charge in [0.05, 0.1) is 38.9 Å². The number of hydrogen-bond donors (Lipinski definition) is 0.